The van der Waals surface area contributed by atoms with Crippen molar-refractivity contribution in [1.82, 2.24) is 9.97 Å². The van der Waals surface area contributed by atoms with Gasteiger partial charge in [0.2, 0.25) is 5.56 Å². The number of aryl methyl sites for hydroxylation is 1. The number of aliphatic hydroxyl groups excluding tert-OH is 2. The van der Waals surface area contributed by atoms with Gasteiger partial charge in [-0.05, 0) is 59.6 Å². The third kappa shape index (κ3) is 6.03. The number of carbonyl (C=O) groups is 1. The fourth-order valence-electron chi connectivity index (χ4n) is 4.92. The number of halogens is 1. The lowest BCUT2D eigenvalue weighted by atomic mass is 9.86. The normalized spacial score (nSPS) is 14.8. The first-order chi connectivity index (χ1) is 17.6. The van der Waals surface area contributed by atoms with E-state index >= 15 is 0 Å². The highest BCUT2D eigenvalue weighted by atomic mass is 19.1. The Hall–Kier alpha value is -3.62. The van der Waals surface area contributed by atoms with E-state index in [1.807, 2.05) is 13.8 Å². The molecule has 194 valence electrons. The van der Waals surface area contributed by atoms with E-state index in [0.29, 0.717) is 6.42 Å². The number of H-pyrrole nitrogens is 1. The second-order valence-electron chi connectivity index (χ2n) is 9.78. The molecule has 1 aromatic carbocycles. The molecule has 0 aliphatic heterocycles. The summed E-state index contributed by atoms with van der Waals surface area (Å²) in [4.78, 5) is 30.7. The maximum absolute atomic E-state index is 13.9. The van der Waals surface area contributed by atoms with Crippen LogP contribution in [0.1, 0.15) is 61.4 Å². The average Bonchev–Trinajstić information content (AvgIpc) is 3.00. The number of nitrogens with one attached hydrogen (secondary N) is 1. The molecule has 0 unspecified atom stereocenters. The summed E-state index contributed by atoms with van der Waals surface area (Å²) in [5.41, 5.74) is 6.61. The standard InChI is InChI=1S/C29H31FN2O5/c1-16(2)28-23(11-10-20(33)13-21(34)14-26(36)37)27(17-6-8-19(30)9-7-17)22-5-3-4-18-12-25(35)31-15-24(18)29(22)32-28/h6-12,15-16,20-21,33-34H,3-5,13-14H2,1-2H3,(H,31,35)(H,36,37)/t20-,21-/m1/s1. The number of hydrogen-bond acceptors (Lipinski definition) is 5. The van der Waals surface area contributed by atoms with Crippen molar-refractivity contribution >= 4 is 12.0 Å². The molecule has 1 aliphatic carbocycles. The van der Waals surface area contributed by atoms with Crippen molar-refractivity contribution in [2.24, 2.45) is 0 Å². The monoisotopic (exact) mass is 506 g/mol. The van der Waals surface area contributed by atoms with E-state index in [4.69, 9.17) is 10.1 Å². The number of aromatic nitrogens is 2. The third-order valence-electron chi connectivity index (χ3n) is 6.59. The highest BCUT2D eigenvalue weighted by Crippen LogP contribution is 2.41. The van der Waals surface area contributed by atoms with Crippen LogP contribution in [0, 0.1) is 5.82 Å². The van der Waals surface area contributed by atoms with Gasteiger partial charge in [0, 0.05) is 29.8 Å². The summed E-state index contributed by atoms with van der Waals surface area (Å²) < 4.78 is 13.9. The van der Waals surface area contributed by atoms with Crippen molar-refractivity contribution in [3.63, 3.8) is 0 Å². The van der Waals surface area contributed by atoms with Gasteiger partial charge in [-0.25, -0.2) is 4.39 Å². The highest BCUT2D eigenvalue weighted by molar-refractivity contribution is 5.85. The number of aliphatic hydroxyl groups is 2. The van der Waals surface area contributed by atoms with E-state index in [-0.39, 0.29) is 23.7 Å². The van der Waals surface area contributed by atoms with Crippen LogP contribution in [0.5, 0.6) is 0 Å². The minimum Gasteiger partial charge on any atom is -0.481 e. The van der Waals surface area contributed by atoms with Gasteiger partial charge in [-0.3, -0.25) is 14.6 Å². The van der Waals surface area contributed by atoms with Gasteiger partial charge in [0.25, 0.3) is 0 Å². The van der Waals surface area contributed by atoms with Crippen molar-refractivity contribution in [3.8, 4) is 22.4 Å². The van der Waals surface area contributed by atoms with Gasteiger partial charge in [0.1, 0.15) is 5.82 Å². The van der Waals surface area contributed by atoms with Gasteiger partial charge in [0.15, 0.2) is 0 Å². The first kappa shape index (κ1) is 26.4. The van der Waals surface area contributed by atoms with E-state index < -0.39 is 24.6 Å². The molecular weight excluding hydrogens is 475 g/mol. The maximum Gasteiger partial charge on any atom is 0.305 e. The number of hydrogen-bond donors (Lipinski definition) is 4. The summed E-state index contributed by atoms with van der Waals surface area (Å²) in [7, 11) is 0. The van der Waals surface area contributed by atoms with Crippen molar-refractivity contribution < 1.29 is 24.5 Å². The molecule has 37 heavy (non-hydrogen) atoms. The first-order valence-electron chi connectivity index (χ1n) is 12.4. The fraction of sp³-hybridized carbons (Fsp3) is 0.345. The van der Waals surface area contributed by atoms with Gasteiger partial charge in [0.05, 0.1) is 30.0 Å². The molecule has 4 rings (SSSR count). The summed E-state index contributed by atoms with van der Waals surface area (Å²) in [6, 6.07) is 7.87. The lowest BCUT2D eigenvalue weighted by molar-refractivity contribution is -0.139. The number of pyridine rings is 2. The second kappa shape index (κ2) is 11.2. The SMILES string of the molecule is CC(C)c1nc2c(c(-c3ccc(F)cc3)c1C=C[C@@H](O)C[C@@H](O)CC(=O)O)CCCc1cc(=O)[nH]cc1-2. The smallest absolute Gasteiger partial charge is 0.305 e. The van der Waals surface area contributed by atoms with E-state index in [2.05, 4.69) is 4.98 Å². The van der Waals surface area contributed by atoms with Crippen LogP contribution in [0.25, 0.3) is 28.5 Å². The minimum absolute atomic E-state index is 0.00615. The molecule has 2 atom stereocenters. The number of nitrogens with zero attached hydrogens (tertiary/aromatic N) is 1. The fourth-order valence-corrected chi connectivity index (χ4v) is 4.92. The Morgan fingerprint density at radius 3 is 2.59 bits per heavy atom. The van der Waals surface area contributed by atoms with Crippen LogP contribution in [0.2, 0.25) is 0 Å². The minimum atomic E-state index is -1.18. The zero-order valence-corrected chi connectivity index (χ0v) is 20.9. The predicted molar refractivity (Wildman–Crippen MR) is 140 cm³/mol. The van der Waals surface area contributed by atoms with Gasteiger partial charge >= 0.3 is 5.97 Å². The molecule has 7 nitrogen and oxygen atoms in total. The molecule has 0 saturated heterocycles. The lowest BCUT2D eigenvalue weighted by Crippen LogP contribution is -2.19. The Labute approximate surface area is 214 Å². The summed E-state index contributed by atoms with van der Waals surface area (Å²) >= 11 is 0. The molecule has 0 bridgehead atoms. The molecule has 1 aliphatic rings. The number of carboxylic acid groups (broad SMARTS) is 1. The quantitative estimate of drug-likeness (QED) is 0.358. The molecule has 2 aromatic heterocycles. The van der Waals surface area contributed by atoms with Gasteiger partial charge in [-0.1, -0.05) is 38.1 Å². The van der Waals surface area contributed by atoms with Gasteiger partial charge < -0.3 is 20.3 Å². The number of aromatic amines is 1. The zero-order chi connectivity index (χ0) is 26.7. The number of fused-ring (bicyclic) bond motifs is 3. The van der Waals surface area contributed by atoms with Crippen LogP contribution < -0.4 is 5.56 Å². The van der Waals surface area contributed by atoms with Crippen molar-refractivity contribution in [2.75, 3.05) is 0 Å². The van der Waals surface area contributed by atoms with Crippen LogP contribution in [-0.4, -0.2) is 43.5 Å². The second-order valence-corrected chi connectivity index (χ2v) is 9.78. The Balaban J connectivity index is 1.92. The molecule has 3 aromatic rings. The number of rotatable bonds is 8. The maximum atomic E-state index is 13.9. The molecular formula is C29H31FN2O5. The zero-order valence-electron chi connectivity index (χ0n) is 20.9. The van der Waals surface area contributed by atoms with Crippen molar-refractivity contribution in [1.29, 1.82) is 0 Å². The topological polar surface area (TPSA) is 124 Å². The van der Waals surface area contributed by atoms with Crippen LogP contribution in [0.3, 0.4) is 0 Å². The highest BCUT2D eigenvalue weighted by Gasteiger charge is 2.25. The summed E-state index contributed by atoms with van der Waals surface area (Å²) in [5.74, 6) is -1.50. The molecule has 2 heterocycles. The van der Waals surface area contributed by atoms with Gasteiger partial charge in [-0.15, -0.1) is 0 Å². The predicted octanol–water partition coefficient (Wildman–Crippen LogP) is 4.45. The van der Waals surface area contributed by atoms with E-state index in [1.165, 1.54) is 18.2 Å². The Kier molecular flexibility index (Phi) is 8.00. The van der Waals surface area contributed by atoms with Crippen LogP contribution in [0.4, 0.5) is 4.39 Å². The molecule has 0 saturated carbocycles. The van der Waals surface area contributed by atoms with Crippen LogP contribution in [-0.2, 0) is 17.6 Å². The van der Waals surface area contributed by atoms with E-state index in [0.717, 1.165) is 57.6 Å². The summed E-state index contributed by atoms with van der Waals surface area (Å²) in [6.45, 7) is 4.02. The average molecular weight is 507 g/mol. The molecule has 0 amide bonds. The van der Waals surface area contributed by atoms with E-state index in [1.54, 1.807) is 30.5 Å². The molecule has 0 radical (unpaired) electrons. The van der Waals surface area contributed by atoms with Crippen molar-refractivity contribution in [3.05, 3.63) is 81.2 Å². The Morgan fingerprint density at radius 1 is 1.19 bits per heavy atom. The summed E-state index contributed by atoms with van der Waals surface area (Å²) in [6.07, 6.45) is 4.40. The lowest BCUT2D eigenvalue weighted by Gasteiger charge is -2.22. The first-order valence-corrected chi connectivity index (χ1v) is 12.4. The number of benzene rings is 1. The Bertz CT molecular complexity index is 1380. The molecule has 4 N–H and O–H groups in total. The molecule has 8 heteroatoms. The largest absolute Gasteiger partial charge is 0.481 e. The third-order valence-corrected chi connectivity index (χ3v) is 6.59. The number of carboxylic acids is 1. The number of aliphatic carboxylic acids is 1. The summed E-state index contributed by atoms with van der Waals surface area (Å²) in [5, 5.41) is 29.4. The Morgan fingerprint density at radius 2 is 1.92 bits per heavy atom. The molecule has 0 fully saturated rings. The van der Waals surface area contributed by atoms with Crippen molar-refractivity contribution in [2.45, 2.75) is 64.1 Å². The van der Waals surface area contributed by atoms with Crippen LogP contribution in [0.15, 0.2) is 47.4 Å². The molecule has 0 spiro atoms. The van der Waals surface area contributed by atoms with Crippen LogP contribution >= 0.6 is 0 Å². The van der Waals surface area contributed by atoms with Gasteiger partial charge in [-0.2, -0.15) is 0 Å². The van der Waals surface area contributed by atoms with E-state index in [9.17, 15) is 24.2 Å².